The number of hydrazone groups is 1. The van der Waals surface area contributed by atoms with E-state index >= 15 is 0 Å². The van der Waals surface area contributed by atoms with Gasteiger partial charge in [-0.05, 0) is 35.7 Å². The quantitative estimate of drug-likeness (QED) is 0.662. The Hall–Kier alpha value is -2.99. The topological polar surface area (TPSA) is 65.3 Å². The van der Waals surface area contributed by atoms with E-state index in [1.165, 1.54) is 12.1 Å². The fraction of sp³-hybridized carbons (Fsp3) is 0.150. The zero-order valence-electron chi connectivity index (χ0n) is 13.7. The smallest absolute Gasteiger partial charge is 0.214 e. The average Bonchev–Trinajstić information content (AvgIpc) is 3.33. The molecule has 0 fully saturated rings. The van der Waals surface area contributed by atoms with Crippen LogP contribution in [0.4, 0.5) is 0 Å². The highest BCUT2D eigenvalue weighted by molar-refractivity contribution is 7.12. The monoisotopic (exact) mass is 364 g/mol. The molecule has 0 saturated carbocycles. The van der Waals surface area contributed by atoms with E-state index in [9.17, 15) is 10.2 Å². The van der Waals surface area contributed by atoms with E-state index in [1.54, 1.807) is 17.4 Å². The number of benzene rings is 2. The maximum Gasteiger partial charge on any atom is 0.214 e. The third-order valence-electron chi connectivity index (χ3n) is 4.79. The maximum atomic E-state index is 9.91. The van der Waals surface area contributed by atoms with Crippen LogP contribution in [0, 0.1) is 0 Å². The summed E-state index contributed by atoms with van der Waals surface area (Å²) >= 11 is 1.68. The molecule has 2 aliphatic heterocycles. The second-order valence-corrected chi connectivity index (χ2v) is 7.33. The minimum atomic E-state index is -0.459. The Morgan fingerprint density at radius 3 is 2.73 bits per heavy atom. The van der Waals surface area contributed by atoms with Gasteiger partial charge in [-0.3, -0.25) is 0 Å². The van der Waals surface area contributed by atoms with Crippen molar-refractivity contribution in [2.24, 2.45) is 5.10 Å². The Kier molecular flexibility index (Phi) is 3.39. The summed E-state index contributed by atoms with van der Waals surface area (Å²) in [5, 5.41) is 28.4. The first-order valence-corrected chi connectivity index (χ1v) is 9.26. The van der Waals surface area contributed by atoms with Crippen molar-refractivity contribution in [2.45, 2.75) is 18.7 Å². The summed E-state index contributed by atoms with van der Waals surface area (Å²) in [6, 6.07) is 16.9. The molecule has 26 heavy (non-hydrogen) atoms. The van der Waals surface area contributed by atoms with Crippen molar-refractivity contribution in [3.8, 4) is 17.2 Å². The molecular weight excluding hydrogens is 348 g/mol. The van der Waals surface area contributed by atoms with Gasteiger partial charge in [-0.2, -0.15) is 5.10 Å². The first-order valence-electron chi connectivity index (χ1n) is 8.38. The number of hydrogen-bond donors (Lipinski definition) is 2. The Labute approximate surface area is 154 Å². The molecule has 0 saturated heterocycles. The molecule has 130 valence electrons. The standard InChI is InChI=1S/C20H16N2O3S/c23-16-8-7-12(10-17(16)24)20-22-15(13-4-1-2-5-18(13)25-20)11-14(21-22)19-6-3-9-26-19/h1-10,15,20,23-24H,11H2/t15-,20+/m1/s1. The lowest BCUT2D eigenvalue weighted by Crippen LogP contribution is -2.33. The normalized spacial score (nSPS) is 20.9. The second-order valence-electron chi connectivity index (χ2n) is 6.38. The predicted octanol–water partition coefficient (Wildman–Crippen LogP) is 4.40. The van der Waals surface area contributed by atoms with Gasteiger partial charge in [0.1, 0.15) is 5.75 Å². The molecule has 2 N–H and O–H groups in total. The van der Waals surface area contributed by atoms with Crippen LogP contribution < -0.4 is 4.74 Å². The van der Waals surface area contributed by atoms with Crippen molar-refractivity contribution in [1.29, 1.82) is 0 Å². The molecule has 6 heteroatoms. The lowest BCUT2D eigenvalue weighted by atomic mass is 9.97. The fourth-order valence-corrected chi connectivity index (χ4v) is 4.26. The van der Waals surface area contributed by atoms with Gasteiger partial charge in [0, 0.05) is 17.5 Å². The van der Waals surface area contributed by atoms with Gasteiger partial charge < -0.3 is 14.9 Å². The molecule has 0 radical (unpaired) electrons. The fourth-order valence-electron chi connectivity index (χ4n) is 3.54. The molecule has 3 heterocycles. The van der Waals surface area contributed by atoms with Crippen LogP contribution >= 0.6 is 11.3 Å². The lowest BCUT2D eigenvalue weighted by Gasteiger charge is -2.38. The molecule has 0 unspecified atom stereocenters. The van der Waals surface area contributed by atoms with Gasteiger partial charge in [-0.15, -0.1) is 11.3 Å². The minimum Gasteiger partial charge on any atom is -0.504 e. The van der Waals surface area contributed by atoms with Crippen molar-refractivity contribution in [2.75, 3.05) is 0 Å². The summed E-state index contributed by atoms with van der Waals surface area (Å²) < 4.78 is 6.22. The summed E-state index contributed by atoms with van der Waals surface area (Å²) in [7, 11) is 0. The van der Waals surface area contributed by atoms with Gasteiger partial charge >= 0.3 is 0 Å². The van der Waals surface area contributed by atoms with E-state index in [0.29, 0.717) is 0 Å². The SMILES string of the molecule is Oc1ccc([C@@H]2Oc3ccccc3[C@H]3CC(c4cccs4)=NN32)cc1O. The highest BCUT2D eigenvalue weighted by Crippen LogP contribution is 2.48. The van der Waals surface area contributed by atoms with Gasteiger partial charge in [0.05, 0.1) is 16.6 Å². The molecular formula is C20H16N2O3S. The highest BCUT2D eigenvalue weighted by Gasteiger charge is 2.41. The van der Waals surface area contributed by atoms with E-state index in [-0.39, 0.29) is 17.5 Å². The number of nitrogens with zero attached hydrogens (tertiary/aromatic N) is 2. The molecule has 5 nitrogen and oxygen atoms in total. The molecule has 2 aliphatic rings. The molecule has 5 rings (SSSR count). The number of hydrogen-bond acceptors (Lipinski definition) is 6. The van der Waals surface area contributed by atoms with Crippen LogP contribution in [0.25, 0.3) is 0 Å². The molecule has 0 amide bonds. The number of ether oxygens (including phenoxy) is 1. The molecule has 2 aromatic carbocycles. The van der Waals surface area contributed by atoms with Gasteiger partial charge in [-0.25, -0.2) is 5.01 Å². The van der Waals surface area contributed by atoms with E-state index < -0.39 is 6.23 Å². The van der Waals surface area contributed by atoms with Gasteiger partial charge in [0.15, 0.2) is 11.5 Å². The number of fused-ring (bicyclic) bond motifs is 3. The van der Waals surface area contributed by atoms with Crippen molar-refractivity contribution >= 4 is 17.0 Å². The zero-order valence-corrected chi connectivity index (χ0v) is 14.6. The van der Waals surface area contributed by atoms with E-state index in [1.807, 2.05) is 29.3 Å². The molecule has 0 bridgehead atoms. The van der Waals surface area contributed by atoms with Gasteiger partial charge in [-0.1, -0.05) is 24.3 Å². The second kappa shape index (κ2) is 5.78. The Balaban J connectivity index is 1.61. The van der Waals surface area contributed by atoms with Gasteiger partial charge in [0.2, 0.25) is 6.23 Å². The number of phenolic OH excluding ortho intramolecular Hbond substituents is 2. The third kappa shape index (κ3) is 2.34. The average molecular weight is 364 g/mol. The molecule has 0 spiro atoms. The number of rotatable bonds is 2. The van der Waals surface area contributed by atoms with Crippen LogP contribution in [0.15, 0.2) is 65.1 Å². The number of aromatic hydroxyl groups is 2. The summed E-state index contributed by atoms with van der Waals surface area (Å²) in [6.07, 6.45) is 0.348. The Morgan fingerprint density at radius 2 is 1.92 bits per heavy atom. The van der Waals surface area contributed by atoms with Crippen molar-refractivity contribution in [3.05, 3.63) is 76.0 Å². The van der Waals surface area contributed by atoms with Crippen LogP contribution in [0.1, 0.15) is 34.7 Å². The van der Waals surface area contributed by atoms with E-state index in [2.05, 4.69) is 17.5 Å². The number of para-hydroxylation sites is 1. The summed E-state index contributed by atoms with van der Waals surface area (Å²) in [5.41, 5.74) is 2.90. The number of thiophene rings is 1. The first-order chi connectivity index (χ1) is 12.7. The predicted molar refractivity (Wildman–Crippen MR) is 99.6 cm³/mol. The Morgan fingerprint density at radius 1 is 1.04 bits per heavy atom. The molecule has 1 aromatic heterocycles. The van der Waals surface area contributed by atoms with Crippen molar-refractivity contribution in [1.82, 2.24) is 5.01 Å². The maximum absolute atomic E-state index is 9.91. The summed E-state index contributed by atoms with van der Waals surface area (Å²) in [6.45, 7) is 0. The lowest BCUT2D eigenvalue weighted by molar-refractivity contribution is -0.0191. The van der Waals surface area contributed by atoms with Crippen LogP contribution in [0.3, 0.4) is 0 Å². The van der Waals surface area contributed by atoms with Crippen LogP contribution in [-0.2, 0) is 0 Å². The highest BCUT2D eigenvalue weighted by atomic mass is 32.1. The van der Waals surface area contributed by atoms with Crippen LogP contribution in [-0.4, -0.2) is 20.9 Å². The number of phenols is 2. The van der Waals surface area contributed by atoms with Crippen LogP contribution in [0.5, 0.6) is 17.2 Å². The molecule has 0 aliphatic carbocycles. The largest absolute Gasteiger partial charge is 0.504 e. The third-order valence-corrected chi connectivity index (χ3v) is 5.71. The van der Waals surface area contributed by atoms with Crippen molar-refractivity contribution < 1.29 is 14.9 Å². The van der Waals surface area contributed by atoms with Crippen molar-refractivity contribution in [3.63, 3.8) is 0 Å². The minimum absolute atomic E-state index is 0.0815. The van der Waals surface area contributed by atoms with E-state index in [0.717, 1.165) is 33.9 Å². The Bertz CT molecular complexity index is 1000. The molecule has 3 aromatic rings. The van der Waals surface area contributed by atoms with E-state index in [4.69, 9.17) is 9.84 Å². The van der Waals surface area contributed by atoms with Gasteiger partial charge in [0.25, 0.3) is 0 Å². The first kappa shape index (κ1) is 15.3. The van der Waals surface area contributed by atoms with Crippen LogP contribution in [0.2, 0.25) is 0 Å². The molecule has 2 atom stereocenters. The zero-order chi connectivity index (χ0) is 17.7. The summed E-state index contributed by atoms with van der Waals surface area (Å²) in [5.74, 6) is 0.516. The summed E-state index contributed by atoms with van der Waals surface area (Å²) in [4.78, 5) is 1.16.